The van der Waals surface area contributed by atoms with Gasteiger partial charge < -0.3 is 14.6 Å². The number of hydrogen-bond acceptors (Lipinski definition) is 3. The third-order valence-corrected chi connectivity index (χ3v) is 2.93. The first kappa shape index (κ1) is 11.2. The quantitative estimate of drug-likeness (QED) is 0.852. The van der Waals surface area contributed by atoms with Gasteiger partial charge in [0.05, 0.1) is 19.8 Å². The Bertz CT molecular complexity index is 399. The molecule has 1 aromatic carbocycles. The highest BCUT2D eigenvalue weighted by Crippen LogP contribution is 2.43. The van der Waals surface area contributed by atoms with Crippen LogP contribution in [-0.2, 0) is 6.42 Å². The van der Waals surface area contributed by atoms with Crippen molar-refractivity contribution in [2.75, 3.05) is 14.2 Å². The van der Waals surface area contributed by atoms with E-state index >= 15 is 0 Å². The zero-order valence-electron chi connectivity index (χ0n) is 9.42. The third kappa shape index (κ3) is 1.97. The van der Waals surface area contributed by atoms with Gasteiger partial charge in [0.1, 0.15) is 5.75 Å². The molecule has 0 bridgehead atoms. The van der Waals surface area contributed by atoms with Gasteiger partial charge in [0.15, 0.2) is 11.6 Å². The Morgan fingerprint density at radius 1 is 1.31 bits per heavy atom. The summed E-state index contributed by atoms with van der Waals surface area (Å²) in [5, 5.41) is 9.88. The predicted octanol–water partition coefficient (Wildman–Crippen LogP) is 1.91. The highest BCUT2D eigenvalue weighted by molar-refractivity contribution is 5.47. The van der Waals surface area contributed by atoms with Crippen LogP contribution in [0.3, 0.4) is 0 Å². The van der Waals surface area contributed by atoms with Crippen LogP contribution in [0.1, 0.15) is 18.4 Å². The maximum atomic E-state index is 13.5. The lowest BCUT2D eigenvalue weighted by Gasteiger charge is -2.16. The van der Waals surface area contributed by atoms with Gasteiger partial charge in [0.2, 0.25) is 0 Å². The van der Waals surface area contributed by atoms with Crippen molar-refractivity contribution in [2.45, 2.75) is 24.9 Å². The number of hydrogen-bond donors (Lipinski definition) is 1. The van der Waals surface area contributed by atoms with Gasteiger partial charge in [-0.05, 0) is 25.0 Å². The second kappa shape index (κ2) is 3.94. The van der Waals surface area contributed by atoms with E-state index in [0.717, 1.165) is 12.8 Å². The van der Waals surface area contributed by atoms with Gasteiger partial charge in [0.25, 0.3) is 0 Å². The average Bonchev–Trinajstić information content (AvgIpc) is 2.97. The Labute approximate surface area is 93.8 Å². The van der Waals surface area contributed by atoms with Gasteiger partial charge in [0, 0.05) is 12.0 Å². The highest BCUT2D eigenvalue weighted by Gasteiger charge is 2.42. The summed E-state index contributed by atoms with van der Waals surface area (Å²) < 4.78 is 23.7. The first-order valence-corrected chi connectivity index (χ1v) is 5.21. The highest BCUT2D eigenvalue weighted by atomic mass is 19.1. The van der Waals surface area contributed by atoms with Crippen molar-refractivity contribution in [1.29, 1.82) is 0 Å². The fraction of sp³-hybridized carbons (Fsp3) is 0.500. The van der Waals surface area contributed by atoms with Crippen molar-refractivity contribution >= 4 is 0 Å². The molecule has 0 heterocycles. The summed E-state index contributed by atoms with van der Waals surface area (Å²) in [6, 6.07) is 2.86. The molecule has 0 unspecified atom stereocenters. The summed E-state index contributed by atoms with van der Waals surface area (Å²) >= 11 is 0. The molecule has 1 aliphatic rings. The van der Waals surface area contributed by atoms with Crippen LogP contribution in [0.2, 0.25) is 0 Å². The van der Waals surface area contributed by atoms with Crippen LogP contribution >= 0.6 is 0 Å². The summed E-state index contributed by atoms with van der Waals surface area (Å²) in [6.45, 7) is 0. The minimum Gasteiger partial charge on any atom is -0.496 e. The van der Waals surface area contributed by atoms with E-state index in [1.165, 1.54) is 20.3 Å². The molecule has 0 radical (unpaired) electrons. The number of aliphatic hydroxyl groups is 1. The van der Waals surface area contributed by atoms with E-state index in [2.05, 4.69) is 0 Å². The topological polar surface area (TPSA) is 38.7 Å². The van der Waals surface area contributed by atoms with Crippen molar-refractivity contribution in [2.24, 2.45) is 0 Å². The molecule has 1 N–H and O–H groups in total. The Kier molecular flexibility index (Phi) is 2.76. The molecule has 0 amide bonds. The molecule has 88 valence electrons. The van der Waals surface area contributed by atoms with Gasteiger partial charge in [-0.25, -0.2) is 4.39 Å². The molecule has 0 spiro atoms. The van der Waals surface area contributed by atoms with Crippen molar-refractivity contribution in [3.05, 3.63) is 23.5 Å². The lowest BCUT2D eigenvalue weighted by Crippen LogP contribution is -2.13. The number of halogens is 1. The lowest BCUT2D eigenvalue weighted by atomic mass is 10.0. The zero-order valence-corrected chi connectivity index (χ0v) is 9.42. The molecule has 16 heavy (non-hydrogen) atoms. The van der Waals surface area contributed by atoms with Crippen LogP contribution in [0.15, 0.2) is 12.1 Å². The average molecular weight is 226 g/mol. The third-order valence-electron chi connectivity index (χ3n) is 2.93. The Hall–Kier alpha value is -1.29. The fourth-order valence-electron chi connectivity index (χ4n) is 1.81. The molecule has 4 heteroatoms. The smallest absolute Gasteiger partial charge is 0.165 e. The fourth-order valence-corrected chi connectivity index (χ4v) is 1.81. The van der Waals surface area contributed by atoms with Crippen molar-refractivity contribution in [1.82, 2.24) is 0 Å². The molecule has 2 rings (SSSR count). The molecule has 1 fully saturated rings. The Balaban J connectivity index is 2.41. The molecule has 0 saturated heterocycles. The van der Waals surface area contributed by atoms with Crippen molar-refractivity contribution < 1.29 is 19.0 Å². The molecule has 1 aliphatic carbocycles. The largest absolute Gasteiger partial charge is 0.496 e. The van der Waals surface area contributed by atoms with Gasteiger partial charge in [-0.1, -0.05) is 0 Å². The molecular weight excluding hydrogens is 211 g/mol. The minimum absolute atomic E-state index is 0.166. The summed E-state index contributed by atoms with van der Waals surface area (Å²) in [5.74, 6) is 0.292. The maximum absolute atomic E-state index is 13.5. The summed E-state index contributed by atoms with van der Waals surface area (Å²) in [7, 11) is 2.94. The molecule has 3 nitrogen and oxygen atoms in total. The molecule has 0 aromatic heterocycles. The van der Waals surface area contributed by atoms with Crippen LogP contribution in [0.5, 0.6) is 11.5 Å². The second-order valence-electron chi connectivity index (χ2n) is 4.16. The van der Waals surface area contributed by atoms with Gasteiger partial charge in [-0.15, -0.1) is 0 Å². The van der Waals surface area contributed by atoms with Crippen molar-refractivity contribution in [3.8, 4) is 11.5 Å². The van der Waals surface area contributed by atoms with Crippen LogP contribution in [0, 0.1) is 5.82 Å². The Morgan fingerprint density at radius 2 is 2.00 bits per heavy atom. The van der Waals surface area contributed by atoms with E-state index < -0.39 is 11.4 Å². The van der Waals surface area contributed by atoms with E-state index in [1.807, 2.05) is 0 Å². The maximum Gasteiger partial charge on any atom is 0.165 e. The zero-order chi connectivity index (χ0) is 11.8. The first-order valence-electron chi connectivity index (χ1n) is 5.21. The lowest BCUT2D eigenvalue weighted by molar-refractivity contribution is 0.148. The standard InChI is InChI=1S/C12H15FO3/c1-15-10-4-3-9(13)11(16-2)8(10)7-12(14)5-6-12/h3-4,14H,5-7H2,1-2H3. The molecule has 1 saturated carbocycles. The SMILES string of the molecule is COc1ccc(F)c(OC)c1CC1(O)CC1. The number of benzene rings is 1. The normalized spacial score (nSPS) is 17.0. The second-order valence-corrected chi connectivity index (χ2v) is 4.16. The van der Waals surface area contributed by atoms with Gasteiger partial charge >= 0.3 is 0 Å². The van der Waals surface area contributed by atoms with E-state index in [-0.39, 0.29) is 5.75 Å². The van der Waals surface area contributed by atoms with Crippen LogP contribution in [-0.4, -0.2) is 24.9 Å². The number of methoxy groups -OCH3 is 2. The van der Waals surface area contributed by atoms with Crippen LogP contribution in [0.25, 0.3) is 0 Å². The molecular formula is C12H15FO3. The minimum atomic E-state index is -0.700. The number of rotatable bonds is 4. The van der Waals surface area contributed by atoms with Crippen LogP contribution < -0.4 is 9.47 Å². The van der Waals surface area contributed by atoms with Gasteiger partial charge in [-0.3, -0.25) is 0 Å². The van der Waals surface area contributed by atoms with E-state index in [4.69, 9.17) is 9.47 Å². The molecule has 0 atom stereocenters. The van der Waals surface area contributed by atoms with Crippen molar-refractivity contribution in [3.63, 3.8) is 0 Å². The molecule has 1 aromatic rings. The first-order chi connectivity index (χ1) is 7.59. The van der Waals surface area contributed by atoms with Gasteiger partial charge in [-0.2, -0.15) is 0 Å². The van der Waals surface area contributed by atoms with E-state index in [1.54, 1.807) is 6.07 Å². The summed E-state index contributed by atoms with van der Waals surface area (Å²) in [5.41, 5.74) is -0.0982. The summed E-state index contributed by atoms with van der Waals surface area (Å²) in [6.07, 6.45) is 1.86. The molecule has 0 aliphatic heterocycles. The van der Waals surface area contributed by atoms with Crippen LogP contribution in [0.4, 0.5) is 4.39 Å². The Morgan fingerprint density at radius 3 is 2.50 bits per heavy atom. The number of ether oxygens (including phenoxy) is 2. The summed E-state index contributed by atoms with van der Waals surface area (Å²) in [4.78, 5) is 0. The monoisotopic (exact) mass is 226 g/mol. The van der Waals surface area contributed by atoms with E-state index in [9.17, 15) is 9.50 Å². The van der Waals surface area contributed by atoms with E-state index in [0.29, 0.717) is 17.7 Å². The predicted molar refractivity (Wildman–Crippen MR) is 57.4 cm³/mol.